The molecule has 0 radical (unpaired) electrons. The van der Waals surface area contributed by atoms with Gasteiger partial charge in [0.05, 0.1) is 20.4 Å². The molecule has 1 aliphatic rings. The summed E-state index contributed by atoms with van der Waals surface area (Å²) < 4.78 is 0. The van der Waals surface area contributed by atoms with Crippen molar-refractivity contribution in [1.29, 1.82) is 0 Å². The standard InChI is InChI=1S/C15H13ClN4O5S/c16-10-7-9(15(22)23)8-17-13(10)18-3-5-19(6-4-18)14(21)11-1-2-12(26-11)20(24)25/h1-2,7-8H,3-6H2,(H,22,23). The zero-order valence-corrected chi connectivity index (χ0v) is 14.9. The van der Waals surface area contributed by atoms with E-state index in [1.54, 1.807) is 4.90 Å². The van der Waals surface area contributed by atoms with Gasteiger partial charge in [-0.25, -0.2) is 9.78 Å². The molecular weight excluding hydrogens is 384 g/mol. The Bertz CT molecular complexity index is 879. The quantitative estimate of drug-likeness (QED) is 0.622. The number of hydrogen-bond donors (Lipinski definition) is 1. The average Bonchev–Trinajstić information content (AvgIpc) is 3.11. The molecular formula is C15H13ClN4O5S. The number of anilines is 1. The van der Waals surface area contributed by atoms with Crippen molar-refractivity contribution in [2.45, 2.75) is 0 Å². The van der Waals surface area contributed by atoms with E-state index in [4.69, 9.17) is 16.7 Å². The molecule has 0 unspecified atom stereocenters. The second-order valence-electron chi connectivity index (χ2n) is 5.51. The van der Waals surface area contributed by atoms with Crippen LogP contribution in [-0.2, 0) is 0 Å². The molecule has 1 amide bonds. The van der Waals surface area contributed by atoms with Crippen LogP contribution in [0.1, 0.15) is 20.0 Å². The number of nitrogens with zero attached hydrogens (tertiary/aromatic N) is 4. The third kappa shape index (κ3) is 3.60. The number of piperazine rings is 1. The molecule has 26 heavy (non-hydrogen) atoms. The van der Waals surface area contributed by atoms with Gasteiger partial charge in [0.2, 0.25) is 0 Å². The number of carbonyl (C=O) groups excluding carboxylic acids is 1. The van der Waals surface area contributed by atoms with E-state index in [-0.39, 0.29) is 21.5 Å². The van der Waals surface area contributed by atoms with Gasteiger partial charge in [-0.3, -0.25) is 14.9 Å². The molecule has 0 saturated carbocycles. The van der Waals surface area contributed by atoms with Crippen molar-refractivity contribution in [3.05, 3.63) is 50.0 Å². The van der Waals surface area contributed by atoms with E-state index in [1.165, 1.54) is 24.4 Å². The van der Waals surface area contributed by atoms with Gasteiger partial charge in [0, 0.05) is 38.4 Å². The maximum Gasteiger partial charge on any atom is 0.337 e. The van der Waals surface area contributed by atoms with Gasteiger partial charge in [0.1, 0.15) is 5.82 Å². The van der Waals surface area contributed by atoms with Gasteiger partial charge in [-0.1, -0.05) is 22.9 Å². The van der Waals surface area contributed by atoms with Gasteiger partial charge >= 0.3 is 11.0 Å². The van der Waals surface area contributed by atoms with Gasteiger partial charge in [-0.15, -0.1) is 0 Å². The van der Waals surface area contributed by atoms with Gasteiger partial charge in [0.15, 0.2) is 0 Å². The van der Waals surface area contributed by atoms with Crippen molar-refractivity contribution in [2.24, 2.45) is 0 Å². The summed E-state index contributed by atoms with van der Waals surface area (Å²) in [6.07, 6.45) is 1.24. The van der Waals surface area contributed by atoms with E-state index in [2.05, 4.69) is 4.98 Å². The molecule has 2 aromatic rings. The summed E-state index contributed by atoms with van der Waals surface area (Å²) in [5, 5.41) is 19.9. The number of halogens is 1. The van der Waals surface area contributed by atoms with E-state index >= 15 is 0 Å². The molecule has 3 rings (SSSR count). The summed E-state index contributed by atoms with van der Waals surface area (Å²) in [7, 11) is 0. The molecule has 0 aliphatic carbocycles. The van der Waals surface area contributed by atoms with Gasteiger partial charge < -0.3 is 14.9 Å². The first-order valence-electron chi connectivity index (χ1n) is 7.54. The summed E-state index contributed by atoms with van der Waals surface area (Å²) >= 11 is 6.98. The second kappa shape index (κ2) is 7.26. The maximum atomic E-state index is 12.5. The van der Waals surface area contributed by atoms with Crippen molar-refractivity contribution in [3.8, 4) is 0 Å². The molecule has 1 aliphatic heterocycles. The van der Waals surface area contributed by atoms with E-state index in [9.17, 15) is 19.7 Å². The van der Waals surface area contributed by atoms with Gasteiger partial charge in [0.25, 0.3) is 5.91 Å². The zero-order chi connectivity index (χ0) is 18.8. The Labute approximate surface area is 156 Å². The Morgan fingerprint density at radius 3 is 2.50 bits per heavy atom. The lowest BCUT2D eigenvalue weighted by molar-refractivity contribution is -0.380. The van der Waals surface area contributed by atoms with Crippen LogP contribution in [0.3, 0.4) is 0 Å². The highest BCUT2D eigenvalue weighted by atomic mass is 35.5. The normalized spacial score (nSPS) is 14.3. The number of carboxylic acids is 1. The molecule has 11 heteroatoms. The average molecular weight is 397 g/mol. The molecule has 0 spiro atoms. The molecule has 0 bridgehead atoms. The van der Waals surface area contributed by atoms with Crippen molar-refractivity contribution in [1.82, 2.24) is 9.88 Å². The summed E-state index contributed by atoms with van der Waals surface area (Å²) in [4.78, 5) is 41.5. The van der Waals surface area contributed by atoms with Gasteiger partial charge in [-0.05, 0) is 12.1 Å². The van der Waals surface area contributed by atoms with Crippen LogP contribution in [0.5, 0.6) is 0 Å². The number of aromatic nitrogens is 1. The number of nitro groups is 1. The van der Waals surface area contributed by atoms with Crippen LogP contribution in [0.4, 0.5) is 10.8 Å². The number of amides is 1. The molecule has 1 saturated heterocycles. The molecule has 136 valence electrons. The fourth-order valence-electron chi connectivity index (χ4n) is 2.60. The van der Waals surface area contributed by atoms with Crippen LogP contribution >= 0.6 is 22.9 Å². The SMILES string of the molecule is O=C(O)c1cnc(N2CCN(C(=O)c3ccc([N+](=O)[O-])s3)CC2)c(Cl)c1. The van der Waals surface area contributed by atoms with E-state index in [1.807, 2.05) is 4.90 Å². The fraction of sp³-hybridized carbons (Fsp3) is 0.267. The number of thiophene rings is 1. The van der Waals surface area contributed by atoms with Crippen molar-refractivity contribution < 1.29 is 19.6 Å². The highest BCUT2D eigenvalue weighted by Gasteiger charge is 2.26. The Kier molecular flexibility index (Phi) is 5.05. The Morgan fingerprint density at radius 2 is 1.96 bits per heavy atom. The zero-order valence-electron chi connectivity index (χ0n) is 13.3. The van der Waals surface area contributed by atoms with E-state index < -0.39 is 10.9 Å². The third-order valence-electron chi connectivity index (χ3n) is 3.92. The van der Waals surface area contributed by atoms with Crippen LogP contribution in [0.2, 0.25) is 5.02 Å². The van der Waals surface area contributed by atoms with E-state index in [0.717, 1.165) is 11.3 Å². The molecule has 3 heterocycles. The van der Waals surface area contributed by atoms with Crippen LogP contribution in [0, 0.1) is 10.1 Å². The molecule has 0 aromatic carbocycles. The van der Waals surface area contributed by atoms with Crippen molar-refractivity contribution in [2.75, 3.05) is 31.1 Å². The fourth-order valence-corrected chi connectivity index (χ4v) is 3.67. The number of carbonyl (C=O) groups is 2. The smallest absolute Gasteiger partial charge is 0.337 e. The lowest BCUT2D eigenvalue weighted by Gasteiger charge is -2.35. The number of rotatable bonds is 4. The third-order valence-corrected chi connectivity index (χ3v) is 5.22. The summed E-state index contributed by atoms with van der Waals surface area (Å²) in [6, 6.07) is 4.12. The van der Waals surface area contributed by atoms with Crippen LogP contribution < -0.4 is 4.90 Å². The predicted molar refractivity (Wildman–Crippen MR) is 95.3 cm³/mol. The summed E-state index contributed by atoms with van der Waals surface area (Å²) in [6.45, 7) is 1.75. The molecule has 1 N–H and O–H groups in total. The summed E-state index contributed by atoms with van der Waals surface area (Å²) in [5.41, 5.74) is 0.00635. The number of aromatic carboxylic acids is 1. The Hall–Kier alpha value is -2.72. The molecule has 1 fully saturated rings. The van der Waals surface area contributed by atoms with Crippen LogP contribution in [0.25, 0.3) is 0 Å². The van der Waals surface area contributed by atoms with E-state index in [0.29, 0.717) is 36.9 Å². The largest absolute Gasteiger partial charge is 0.478 e. The maximum absolute atomic E-state index is 12.5. The molecule has 2 aromatic heterocycles. The highest BCUT2D eigenvalue weighted by molar-refractivity contribution is 7.17. The number of hydrogen-bond acceptors (Lipinski definition) is 7. The minimum atomic E-state index is -1.11. The number of pyridine rings is 1. The lowest BCUT2D eigenvalue weighted by Crippen LogP contribution is -2.49. The number of carboxylic acid groups (broad SMARTS) is 1. The highest BCUT2D eigenvalue weighted by Crippen LogP contribution is 2.27. The van der Waals surface area contributed by atoms with Gasteiger partial charge in [-0.2, -0.15) is 0 Å². The monoisotopic (exact) mass is 396 g/mol. The predicted octanol–water partition coefficient (Wildman–Crippen LogP) is 2.37. The second-order valence-corrected chi connectivity index (χ2v) is 6.98. The molecule has 0 atom stereocenters. The summed E-state index contributed by atoms with van der Waals surface area (Å²) in [5.74, 6) is -0.884. The lowest BCUT2D eigenvalue weighted by atomic mass is 10.2. The first-order chi connectivity index (χ1) is 12.4. The Morgan fingerprint density at radius 1 is 1.27 bits per heavy atom. The first kappa shape index (κ1) is 18.1. The molecule has 9 nitrogen and oxygen atoms in total. The topological polar surface area (TPSA) is 117 Å². The van der Waals surface area contributed by atoms with Crippen LogP contribution in [-0.4, -0.2) is 58.0 Å². The Balaban J connectivity index is 1.66. The minimum absolute atomic E-state index is 0.00635. The minimum Gasteiger partial charge on any atom is -0.478 e. The van der Waals surface area contributed by atoms with Crippen LogP contribution in [0.15, 0.2) is 24.4 Å². The van der Waals surface area contributed by atoms with Crippen molar-refractivity contribution in [3.63, 3.8) is 0 Å². The van der Waals surface area contributed by atoms with Crippen molar-refractivity contribution >= 4 is 45.6 Å². The first-order valence-corrected chi connectivity index (χ1v) is 8.73.